The fourth-order valence-electron chi connectivity index (χ4n) is 2.69. The molecule has 2 heterocycles. The van der Waals surface area contributed by atoms with Crippen LogP contribution >= 0.6 is 0 Å². The molecule has 0 radical (unpaired) electrons. The zero-order valence-electron chi connectivity index (χ0n) is 14.6. The Morgan fingerprint density at radius 1 is 1.21 bits per heavy atom. The molecule has 3 rings (SSSR count). The van der Waals surface area contributed by atoms with Crippen LogP contribution in [0.4, 0.5) is 8.78 Å². The van der Waals surface area contributed by atoms with Crippen molar-refractivity contribution < 1.29 is 26.8 Å². The summed E-state index contributed by atoms with van der Waals surface area (Å²) in [4.78, 5) is 26.2. The molecule has 28 heavy (non-hydrogen) atoms. The summed E-state index contributed by atoms with van der Waals surface area (Å²) in [6.07, 6.45) is 4.14. The fourth-order valence-corrected chi connectivity index (χ4v) is 3.66. The second-order valence-electron chi connectivity index (χ2n) is 6.04. The highest BCUT2D eigenvalue weighted by Crippen LogP contribution is 2.20. The van der Waals surface area contributed by atoms with Crippen LogP contribution < -0.4 is 10.6 Å². The number of rotatable bonds is 4. The van der Waals surface area contributed by atoms with Gasteiger partial charge < -0.3 is 15.5 Å². The average Bonchev–Trinajstić information content (AvgIpc) is 2.66. The van der Waals surface area contributed by atoms with Gasteiger partial charge in [-0.05, 0) is 29.8 Å². The Bertz CT molecular complexity index is 1030. The number of benzene rings is 1. The van der Waals surface area contributed by atoms with Crippen LogP contribution in [0.5, 0.6) is 0 Å². The predicted molar refractivity (Wildman–Crippen MR) is 96.5 cm³/mol. The molecule has 0 saturated heterocycles. The summed E-state index contributed by atoms with van der Waals surface area (Å²) in [5, 5.41) is 4.82. The summed E-state index contributed by atoms with van der Waals surface area (Å²) in [6, 6.07) is 1.65. The molecule has 2 amide bonds. The predicted octanol–water partition coefficient (Wildman–Crippen LogP) is 0.366. The molecule has 1 aromatic rings. The molecule has 2 aliphatic rings. The topological polar surface area (TPSA) is 108 Å². The Morgan fingerprint density at radius 2 is 1.96 bits per heavy atom. The van der Waals surface area contributed by atoms with Crippen molar-refractivity contribution in [3.8, 4) is 0 Å². The van der Waals surface area contributed by atoms with Gasteiger partial charge in [0, 0.05) is 19.8 Å². The Labute approximate surface area is 159 Å². The van der Waals surface area contributed by atoms with Gasteiger partial charge >= 0.3 is 0 Å². The Hall–Kier alpha value is -3.08. The molecule has 0 aromatic heterocycles. The van der Waals surface area contributed by atoms with Gasteiger partial charge in [-0.1, -0.05) is 6.07 Å². The average molecular weight is 410 g/mol. The molecule has 0 fully saturated rings. The molecule has 0 spiro atoms. The van der Waals surface area contributed by atoms with Crippen LogP contribution in [-0.4, -0.2) is 50.3 Å². The van der Waals surface area contributed by atoms with Crippen molar-refractivity contribution in [2.45, 2.75) is 6.04 Å². The quantitative estimate of drug-likeness (QED) is 0.746. The summed E-state index contributed by atoms with van der Waals surface area (Å²) in [5.41, 5.74) is 0.216. The first kappa shape index (κ1) is 19.7. The van der Waals surface area contributed by atoms with E-state index in [-0.39, 0.29) is 29.3 Å². The molecule has 0 bridgehead atoms. The number of amides is 2. The Morgan fingerprint density at radius 3 is 2.64 bits per heavy atom. The maximum absolute atomic E-state index is 13.5. The molecule has 1 atom stereocenters. The maximum Gasteiger partial charge on any atom is 0.256 e. The van der Waals surface area contributed by atoms with Gasteiger partial charge in [-0.3, -0.25) is 9.59 Å². The SMILES string of the molecule is CNC(=O)C(NC(=O)C1=CN2CCS(=O)(=O)N=C2C=C1)c1ccc(F)c(F)c1. The number of hydrogen-bond donors (Lipinski definition) is 2. The number of amidine groups is 1. The van der Waals surface area contributed by atoms with E-state index in [2.05, 4.69) is 15.0 Å². The second-order valence-corrected chi connectivity index (χ2v) is 7.80. The third-order valence-electron chi connectivity index (χ3n) is 4.15. The highest BCUT2D eigenvalue weighted by Gasteiger charge is 2.28. The van der Waals surface area contributed by atoms with Crippen LogP contribution in [0.3, 0.4) is 0 Å². The number of nitrogens with zero attached hydrogens (tertiary/aromatic N) is 2. The van der Waals surface area contributed by atoms with E-state index in [0.717, 1.165) is 12.1 Å². The molecular formula is C17H16F2N4O4S. The summed E-state index contributed by atoms with van der Waals surface area (Å²) in [7, 11) is -2.18. The van der Waals surface area contributed by atoms with E-state index in [9.17, 15) is 26.8 Å². The van der Waals surface area contributed by atoms with Gasteiger partial charge in [0.1, 0.15) is 11.9 Å². The molecule has 0 saturated carbocycles. The van der Waals surface area contributed by atoms with Gasteiger partial charge in [0.2, 0.25) is 5.91 Å². The van der Waals surface area contributed by atoms with Crippen LogP contribution in [0.2, 0.25) is 0 Å². The zero-order chi connectivity index (χ0) is 20.5. The van der Waals surface area contributed by atoms with Gasteiger partial charge in [-0.25, -0.2) is 17.2 Å². The van der Waals surface area contributed by atoms with Crippen molar-refractivity contribution in [2.24, 2.45) is 4.40 Å². The molecule has 8 nitrogen and oxygen atoms in total. The Kier molecular flexibility index (Phi) is 5.27. The fraction of sp³-hybridized carbons (Fsp3) is 0.235. The summed E-state index contributed by atoms with van der Waals surface area (Å²) in [5.74, 6) is -3.49. The van der Waals surface area contributed by atoms with E-state index in [1.807, 2.05) is 0 Å². The van der Waals surface area contributed by atoms with Crippen molar-refractivity contribution in [3.05, 3.63) is 59.3 Å². The number of carbonyl (C=O) groups is 2. The van der Waals surface area contributed by atoms with Crippen LogP contribution in [0.25, 0.3) is 0 Å². The number of nitrogens with one attached hydrogen (secondary N) is 2. The maximum atomic E-state index is 13.5. The molecule has 1 unspecified atom stereocenters. The second kappa shape index (κ2) is 7.50. The lowest BCUT2D eigenvalue weighted by Crippen LogP contribution is -2.41. The van der Waals surface area contributed by atoms with Crippen LogP contribution in [0, 0.1) is 11.6 Å². The Balaban J connectivity index is 1.83. The van der Waals surface area contributed by atoms with Gasteiger partial charge in [0.25, 0.3) is 15.9 Å². The van der Waals surface area contributed by atoms with Crippen LogP contribution in [-0.2, 0) is 19.6 Å². The van der Waals surface area contributed by atoms with Gasteiger partial charge in [0.15, 0.2) is 11.6 Å². The minimum atomic E-state index is -3.52. The van der Waals surface area contributed by atoms with E-state index in [1.165, 1.54) is 36.4 Å². The van der Waals surface area contributed by atoms with Crippen LogP contribution in [0.1, 0.15) is 11.6 Å². The van der Waals surface area contributed by atoms with Crippen molar-refractivity contribution >= 4 is 27.7 Å². The number of likely N-dealkylation sites (N-methyl/N-ethyl adjacent to an activating group) is 1. The highest BCUT2D eigenvalue weighted by atomic mass is 32.2. The lowest BCUT2D eigenvalue weighted by atomic mass is 10.0. The normalized spacial score (nSPS) is 18.5. The lowest BCUT2D eigenvalue weighted by Gasteiger charge is -2.27. The van der Waals surface area contributed by atoms with Crippen molar-refractivity contribution in [3.63, 3.8) is 0 Å². The number of fused-ring (bicyclic) bond motifs is 1. The first-order chi connectivity index (χ1) is 13.2. The minimum absolute atomic E-state index is 0.0679. The first-order valence-corrected chi connectivity index (χ1v) is 9.78. The zero-order valence-corrected chi connectivity index (χ0v) is 15.5. The molecule has 2 N–H and O–H groups in total. The minimum Gasteiger partial charge on any atom is -0.357 e. The molecule has 0 aliphatic carbocycles. The van der Waals surface area contributed by atoms with Gasteiger partial charge in [0.05, 0.1) is 11.3 Å². The summed E-state index contributed by atoms with van der Waals surface area (Å²) < 4.78 is 53.4. The number of halogens is 2. The monoisotopic (exact) mass is 410 g/mol. The third kappa shape index (κ3) is 4.09. The largest absolute Gasteiger partial charge is 0.357 e. The molecular weight excluding hydrogens is 394 g/mol. The lowest BCUT2D eigenvalue weighted by molar-refractivity contribution is -0.127. The first-order valence-electron chi connectivity index (χ1n) is 8.17. The number of hydrogen-bond acceptors (Lipinski definition) is 5. The number of sulfonamides is 1. The van der Waals surface area contributed by atoms with E-state index in [4.69, 9.17) is 0 Å². The smallest absolute Gasteiger partial charge is 0.256 e. The van der Waals surface area contributed by atoms with Gasteiger partial charge in [-0.2, -0.15) is 0 Å². The summed E-state index contributed by atoms with van der Waals surface area (Å²) >= 11 is 0. The molecule has 148 valence electrons. The highest BCUT2D eigenvalue weighted by molar-refractivity contribution is 7.90. The molecule has 2 aliphatic heterocycles. The van der Waals surface area contributed by atoms with Crippen molar-refractivity contribution in [1.82, 2.24) is 15.5 Å². The van der Waals surface area contributed by atoms with Crippen molar-refractivity contribution in [2.75, 3.05) is 19.3 Å². The van der Waals surface area contributed by atoms with Crippen molar-refractivity contribution in [1.29, 1.82) is 0 Å². The van der Waals surface area contributed by atoms with E-state index in [0.29, 0.717) is 0 Å². The van der Waals surface area contributed by atoms with E-state index >= 15 is 0 Å². The molecule has 1 aromatic carbocycles. The van der Waals surface area contributed by atoms with Gasteiger partial charge in [-0.15, -0.1) is 4.40 Å². The van der Waals surface area contributed by atoms with E-state index < -0.39 is 39.5 Å². The standard InChI is InChI=1S/C17H16F2N4O4S/c1-20-17(25)15(10-2-4-12(18)13(19)8-10)21-16(24)11-3-5-14-22-28(26,27)7-6-23(14)9-11/h2-5,8-9,15H,6-7H2,1H3,(H,20,25)(H,21,24). The van der Waals surface area contributed by atoms with E-state index in [1.54, 1.807) is 0 Å². The molecule has 11 heteroatoms. The third-order valence-corrected chi connectivity index (χ3v) is 5.31. The number of carbonyl (C=O) groups excluding carboxylic acids is 2. The van der Waals surface area contributed by atoms with Crippen LogP contribution in [0.15, 0.2) is 46.5 Å². The summed E-state index contributed by atoms with van der Waals surface area (Å²) in [6.45, 7) is 0.129.